The van der Waals surface area contributed by atoms with Gasteiger partial charge in [-0.05, 0) is 35.8 Å². The lowest BCUT2D eigenvalue weighted by Crippen LogP contribution is -2.35. The van der Waals surface area contributed by atoms with Crippen LogP contribution < -0.4 is 11.1 Å². The van der Waals surface area contributed by atoms with Crippen LogP contribution in [-0.4, -0.2) is 17.2 Å². The Balaban J connectivity index is 0.00000400. The maximum Gasteiger partial charge on any atom is 0.241 e. The molecule has 1 aromatic rings. The molecular weight excluding hydrogens is 304 g/mol. The summed E-state index contributed by atoms with van der Waals surface area (Å²) in [5.74, 6) is 0.873. The van der Waals surface area contributed by atoms with Gasteiger partial charge in [-0.3, -0.25) is 4.79 Å². The van der Waals surface area contributed by atoms with Gasteiger partial charge < -0.3 is 11.1 Å². The molecule has 0 saturated carbocycles. The molecule has 21 heavy (non-hydrogen) atoms. The first-order valence-corrected chi connectivity index (χ1v) is 8.27. The first-order chi connectivity index (χ1) is 9.45. The van der Waals surface area contributed by atoms with Gasteiger partial charge in [0.05, 0.1) is 6.04 Å². The minimum atomic E-state index is -0.423. The zero-order valence-corrected chi connectivity index (χ0v) is 14.9. The lowest BCUT2D eigenvalue weighted by atomic mass is 10.1. The van der Waals surface area contributed by atoms with Gasteiger partial charge in [0.1, 0.15) is 0 Å². The quantitative estimate of drug-likeness (QED) is 0.790. The van der Waals surface area contributed by atoms with Crippen LogP contribution in [0.15, 0.2) is 18.2 Å². The van der Waals surface area contributed by atoms with Crippen LogP contribution in [0.1, 0.15) is 44.7 Å². The number of halogens is 1. The summed E-state index contributed by atoms with van der Waals surface area (Å²) in [5, 5.41) is 3.55. The van der Waals surface area contributed by atoms with Gasteiger partial charge in [0.25, 0.3) is 0 Å². The second-order valence-electron chi connectivity index (χ2n) is 5.33. The number of anilines is 1. The molecule has 0 aliphatic carbocycles. The highest BCUT2D eigenvalue weighted by molar-refractivity contribution is 7.99. The van der Waals surface area contributed by atoms with Crippen LogP contribution in [0.25, 0.3) is 0 Å². The number of carbonyl (C=O) groups is 1. The summed E-state index contributed by atoms with van der Waals surface area (Å²) in [4.78, 5) is 12.0. The predicted octanol–water partition coefficient (Wildman–Crippen LogP) is 4.12. The molecular formula is C16H27ClN2OS. The summed E-state index contributed by atoms with van der Waals surface area (Å²) in [6.07, 6.45) is 1.63. The number of carbonyl (C=O) groups excluding carboxylic acids is 1. The van der Waals surface area contributed by atoms with Crippen LogP contribution in [0.5, 0.6) is 0 Å². The van der Waals surface area contributed by atoms with E-state index in [0.29, 0.717) is 11.7 Å². The molecule has 0 bridgehead atoms. The molecule has 1 rings (SSSR count). The highest BCUT2D eigenvalue weighted by Crippen LogP contribution is 2.25. The van der Waals surface area contributed by atoms with Crippen molar-refractivity contribution < 1.29 is 4.79 Å². The van der Waals surface area contributed by atoms with Crippen molar-refractivity contribution in [2.45, 2.75) is 57.6 Å². The van der Waals surface area contributed by atoms with Crippen LogP contribution in [0.4, 0.5) is 5.69 Å². The number of hydrogen-bond acceptors (Lipinski definition) is 3. The molecule has 0 aliphatic heterocycles. The van der Waals surface area contributed by atoms with Gasteiger partial charge in [0.15, 0.2) is 0 Å². The van der Waals surface area contributed by atoms with Gasteiger partial charge in [-0.15, -0.1) is 12.4 Å². The highest BCUT2D eigenvalue weighted by atomic mass is 35.5. The Morgan fingerprint density at radius 1 is 1.38 bits per heavy atom. The average molecular weight is 331 g/mol. The molecule has 1 amide bonds. The van der Waals surface area contributed by atoms with E-state index >= 15 is 0 Å². The van der Waals surface area contributed by atoms with E-state index in [0.717, 1.165) is 23.4 Å². The van der Waals surface area contributed by atoms with E-state index in [2.05, 4.69) is 32.2 Å². The van der Waals surface area contributed by atoms with Crippen LogP contribution in [0, 0.1) is 6.92 Å². The average Bonchev–Trinajstić information content (AvgIpc) is 2.39. The third-order valence-electron chi connectivity index (χ3n) is 3.21. The molecule has 0 radical (unpaired) electrons. The molecule has 3 nitrogen and oxygen atoms in total. The van der Waals surface area contributed by atoms with Crippen LogP contribution in [-0.2, 0) is 10.5 Å². The van der Waals surface area contributed by atoms with Gasteiger partial charge >= 0.3 is 0 Å². The second kappa shape index (κ2) is 10.1. The summed E-state index contributed by atoms with van der Waals surface area (Å²) in [6.45, 7) is 8.46. The molecule has 5 heteroatoms. The standard InChI is InChI=1S/C16H26N2OS.ClH/c1-5-7-14(17)16(19)18-15-9-6-8-13(12(15)4)10-20-11(2)3;/h6,8-9,11,14H,5,7,10,17H2,1-4H3,(H,18,19);1H. The zero-order valence-electron chi connectivity index (χ0n) is 13.3. The molecule has 1 atom stereocenters. The van der Waals surface area contributed by atoms with Crippen molar-refractivity contribution in [3.63, 3.8) is 0 Å². The van der Waals surface area contributed by atoms with Crippen LogP contribution >= 0.6 is 24.2 Å². The Morgan fingerprint density at radius 2 is 2.05 bits per heavy atom. The Kier molecular flexibility index (Phi) is 9.75. The van der Waals surface area contributed by atoms with Crippen molar-refractivity contribution in [1.82, 2.24) is 0 Å². The van der Waals surface area contributed by atoms with E-state index < -0.39 is 6.04 Å². The summed E-state index contributed by atoms with van der Waals surface area (Å²) in [6, 6.07) is 5.62. The molecule has 0 fully saturated rings. The number of thioether (sulfide) groups is 1. The smallest absolute Gasteiger partial charge is 0.241 e. The second-order valence-corrected chi connectivity index (χ2v) is 6.90. The first kappa shape index (κ1) is 20.3. The molecule has 0 aromatic heterocycles. The monoisotopic (exact) mass is 330 g/mol. The number of amides is 1. The fourth-order valence-electron chi connectivity index (χ4n) is 1.90. The Morgan fingerprint density at radius 3 is 2.62 bits per heavy atom. The van der Waals surface area contributed by atoms with E-state index in [-0.39, 0.29) is 18.3 Å². The molecule has 1 aromatic carbocycles. The van der Waals surface area contributed by atoms with Crippen molar-refractivity contribution in [2.75, 3.05) is 5.32 Å². The Bertz CT molecular complexity index is 452. The van der Waals surface area contributed by atoms with E-state index in [1.54, 1.807) is 0 Å². The summed E-state index contributed by atoms with van der Waals surface area (Å²) < 4.78 is 0. The van der Waals surface area contributed by atoms with E-state index in [4.69, 9.17) is 5.73 Å². The van der Waals surface area contributed by atoms with Gasteiger partial charge in [0.2, 0.25) is 5.91 Å². The molecule has 120 valence electrons. The number of nitrogens with one attached hydrogen (secondary N) is 1. The predicted molar refractivity (Wildman–Crippen MR) is 96.4 cm³/mol. The maximum atomic E-state index is 12.0. The van der Waals surface area contributed by atoms with E-state index in [9.17, 15) is 4.79 Å². The fraction of sp³-hybridized carbons (Fsp3) is 0.562. The number of benzene rings is 1. The van der Waals surface area contributed by atoms with E-state index in [1.807, 2.05) is 30.8 Å². The third-order valence-corrected chi connectivity index (χ3v) is 4.36. The SMILES string of the molecule is CCCC(N)C(=O)Nc1cccc(CSC(C)C)c1C.Cl. The van der Waals surface area contributed by atoms with Gasteiger partial charge in [-0.2, -0.15) is 11.8 Å². The molecule has 0 saturated heterocycles. The Hall–Kier alpha value is -0.710. The number of hydrogen-bond donors (Lipinski definition) is 2. The normalized spacial score (nSPS) is 11.9. The van der Waals surface area contributed by atoms with E-state index in [1.165, 1.54) is 5.56 Å². The summed E-state index contributed by atoms with van der Waals surface area (Å²) in [7, 11) is 0. The minimum absolute atomic E-state index is 0. The Labute approximate surface area is 138 Å². The zero-order chi connectivity index (χ0) is 15.1. The molecule has 0 heterocycles. The van der Waals surface area contributed by atoms with Gasteiger partial charge in [0, 0.05) is 11.4 Å². The van der Waals surface area contributed by atoms with Crippen molar-refractivity contribution in [1.29, 1.82) is 0 Å². The van der Waals surface area contributed by atoms with Crippen molar-refractivity contribution in [3.8, 4) is 0 Å². The molecule has 3 N–H and O–H groups in total. The fourth-order valence-corrected chi connectivity index (χ4v) is 2.72. The maximum absolute atomic E-state index is 12.0. The topological polar surface area (TPSA) is 55.1 Å². The largest absolute Gasteiger partial charge is 0.324 e. The number of rotatable bonds is 7. The minimum Gasteiger partial charge on any atom is -0.324 e. The lowest BCUT2D eigenvalue weighted by molar-refractivity contribution is -0.117. The van der Waals surface area contributed by atoms with Crippen molar-refractivity contribution >= 4 is 35.8 Å². The lowest BCUT2D eigenvalue weighted by Gasteiger charge is -2.15. The van der Waals surface area contributed by atoms with Crippen LogP contribution in [0.2, 0.25) is 0 Å². The molecule has 1 unspecified atom stereocenters. The summed E-state index contributed by atoms with van der Waals surface area (Å²) in [5.41, 5.74) is 9.13. The van der Waals surface area contributed by atoms with Gasteiger partial charge in [-0.25, -0.2) is 0 Å². The van der Waals surface area contributed by atoms with Crippen molar-refractivity contribution in [3.05, 3.63) is 29.3 Å². The first-order valence-electron chi connectivity index (χ1n) is 7.22. The van der Waals surface area contributed by atoms with Gasteiger partial charge in [-0.1, -0.05) is 39.3 Å². The highest BCUT2D eigenvalue weighted by Gasteiger charge is 2.14. The summed E-state index contributed by atoms with van der Waals surface area (Å²) >= 11 is 1.90. The third kappa shape index (κ3) is 6.72. The van der Waals surface area contributed by atoms with Crippen LogP contribution in [0.3, 0.4) is 0 Å². The number of nitrogens with two attached hydrogens (primary N) is 1. The molecule has 0 aliphatic rings. The molecule has 0 spiro atoms. The van der Waals surface area contributed by atoms with Crippen molar-refractivity contribution in [2.24, 2.45) is 5.73 Å².